The lowest BCUT2D eigenvalue weighted by Crippen LogP contribution is -2.51. The number of carbonyl (C=O) groups is 4. The second kappa shape index (κ2) is 18.7. The molecule has 0 radical (unpaired) electrons. The molecular weight excluding hydrogens is 412 g/mol. The maximum absolute atomic E-state index is 11.9. The molecule has 0 aromatic heterocycles. The van der Waals surface area contributed by atoms with Crippen LogP contribution in [0.4, 0.5) is 0 Å². The molecule has 0 bridgehead atoms. The summed E-state index contributed by atoms with van der Waals surface area (Å²) in [5.74, 6) is -1.32. The molecule has 0 aliphatic carbocycles. The lowest BCUT2D eigenvalue weighted by molar-refractivity contribution is -0.135. The van der Waals surface area contributed by atoms with Crippen LogP contribution in [0.25, 0.3) is 0 Å². The van der Waals surface area contributed by atoms with Gasteiger partial charge in [0.1, 0.15) is 13.2 Å². The first-order chi connectivity index (χ1) is 14.8. The standard InChI is InChI=1S/C18H36N6O7/c1-13(25)11-30-9-10-31-12-16(26)22-18(28)15(3)24-21-6-8-29-7-5-20-17(27)14(2)23-19-4/h14-15,19,21,23-24H,5-12H2,1-4H3,(H,20,27)(H,22,26,28)/t14-,15-/m1/s1. The van der Waals surface area contributed by atoms with Crippen LogP contribution >= 0.6 is 0 Å². The zero-order chi connectivity index (χ0) is 23.5. The van der Waals surface area contributed by atoms with Crippen molar-refractivity contribution in [3.8, 4) is 0 Å². The Bertz CT molecular complexity index is 549. The molecule has 0 aliphatic heterocycles. The summed E-state index contributed by atoms with van der Waals surface area (Å²) in [6, 6.07) is -1.02. The van der Waals surface area contributed by atoms with Crippen LogP contribution in [0.15, 0.2) is 0 Å². The van der Waals surface area contributed by atoms with Gasteiger partial charge in [0, 0.05) is 13.1 Å². The Morgan fingerprint density at radius 2 is 1.39 bits per heavy atom. The van der Waals surface area contributed by atoms with E-state index in [0.717, 1.165) is 0 Å². The minimum atomic E-state index is -0.664. The number of Topliss-reactive ketones (excluding diaryl/α,β-unsaturated/α-hetero) is 1. The number of imide groups is 1. The summed E-state index contributed by atoms with van der Waals surface area (Å²) in [4.78, 5) is 45.9. The zero-order valence-corrected chi connectivity index (χ0v) is 18.7. The molecule has 0 spiro atoms. The maximum atomic E-state index is 11.9. The van der Waals surface area contributed by atoms with E-state index >= 15 is 0 Å². The third-order valence-electron chi connectivity index (χ3n) is 3.56. The first-order valence-corrected chi connectivity index (χ1v) is 10.0. The fourth-order valence-corrected chi connectivity index (χ4v) is 1.98. The summed E-state index contributed by atoms with van der Waals surface area (Å²) < 4.78 is 15.4. The minimum absolute atomic E-state index is 0.000212. The quantitative estimate of drug-likeness (QED) is 0.0879. The van der Waals surface area contributed by atoms with Crippen molar-refractivity contribution in [1.29, 1.82) is 0 Å². The fourth-order valence-electron chi connectivity index (χ4n) is 1.98. The number of amides is 3. The minimum Gasteiger partial charge on any atom is -0.378 e. The van der Waals surface area contributed by atoms with E-state index < -0.39 is 17.9 Å². The van der Waals surface area contributed by atoms with Gasteiger partial charge in [-0.05, 0) is 27.8 Å². The van der Waals surface area contributed by atoms with Crippen molar-refractivity contribution in [3.63, 3.8) is 0 Å². The number of rotatable bonds is 19. The Morgan fingerprint density at radius 3 is 2.03 bits per heavy atom. The van der Waals surface area contributed by atoms with Gasteiger partial charge in [0.25, 0.3) is 5.91 Å². The van der Waals surface area contributed by atoms with Crippen LogP contribution in [0.3, 0.4) is 0 Å². The summed E-state index contributed by atoms with van der Waals surface area (Å²) in [6.45, 7) is 6.27. The monoisotopic (exact) mass is 448 g/mol. The van der Waals surface area contributed by atoms with Crippen LogP contribution < -0.4 is 32.3 Å². The third kappa shape index (κ3) is 17.4. The van der Waals surface area contributed by atoms with Crippen LogP contribution in [0.2, 0.25) is 0 Å². The summed E-state index contributed by atoms with van der Waals surface area (Å²) in [6.07, 6.45) is 0. The van der Waals surface area contributed by atoms with Crippen molar-refractivity contribution < 1.29 is 33.4 Å². The molecule has 180 valence electrons. The summed E-state index contributed by atoms with van der Waals surface area (Å²) in [5, 5.41) is 4.93. The summed E-state index contributed by atoms with van der Waals surface area (Å²) in [7, 11) is 1.68. The largest absolute Gasteiger partial charge is 0.378 e. The van der Waals surface area contributed by atoms with Gasteiger partial charge in [-0.2, -0.15) is 0 Å². The molecule has 0 rings (SSSR count). The van der Waals surface area contributed by atoms with Gasteiger partial charge in [-0.3, -0.25) is 35.3 Å². The molecule has 0 saturated carbocycles. The normalized spacial score (nSPS) is 12.8. The van der Waals surface area contributed by atoms with Crippen molar-refractivity contribution in [2.24, 2.45) is 0 Å². The fraction of sp³-hybridized carbons (Fsp3) is 0.778. The van der Waals surface area contributed by atoms with E-state index in [-0.39, 0.29) is 44.2 Å². The molecule has 0 aliphatic rings. The van der Waals surface area contributed by atoms with Gasteiger partial charge in [0.2, 0.25) is 11.8 Å². The van der Waals surface area contributed by atoms with Crippen molar-refractivity contribution in [2.75, 3.05) is 59.8 Å². The van der Waals surface area contributed by atoms with Gasteiger partial charge in [0.05, 0.1) is 38.5 Å². The number of hydrogen-bond acceptors (Lipinski definition) is 11. The van der Waals surface area contributed by atoms with Gasteiger partial charge in [-0.25, -0.2) is 10.9 Å². The Labute approximate surface area is 182 Å². The van der Waals surface area contributed by atoms with Crippen molar-refractivity contribution in [2.45, 2.75) is 32.9 Å². The van der Waals surface area contributed by atoms with Crippen LogP contribution in [-0.2, 0) is 33.4 Å². The highest BCUT2D eigenvalue weighted by Crippen LogP contribution is 1.84. The predicted octanol–water partition coefficient (Wildman–Crippen LogP) is -3.02. The van der Waals surface area contributed by atoms with Crippen LogP contribution in [-0.4, -0.2) is 95.4 Å². The van der Waals surface area contributed by atoms with Gasteiger partial charge in [-0.15, -0.1) is 0 Å². The highest BCUT2D eigenvalue weighted by Gasteiger charge is 2.15. The zero-order valence-electron chi connectivity index (χ0n) is 18.7. The summed E-state index contributed by atoms with van der Waals surface area (Å²) >= 11 is 0. The molecule has 31 heavy (non-hydrogen) atoms. The molecule has 0 saturated heterocycles. The van der Waals surface area contributed by atoms with Crippen LogP contribution in [0.5, 0.6) is 0 Å². The van der Waals surface area contributed by atoms with Gasteiger partial charge >= 0.3 is 0 Å². The number of ketones is 1. The highest BCUT2D eigenvalue weighted by atomic mass is 16.5. The number of carbonyl (C=O) groups excluding carboxylic acids is 4. The second-order valence-corrected chi connectivity index (χ2v) is 6.53. The van der Waals surface area contributed by atoms with Crippen molar-refractivity contribution in [1.82, 2.24) is 32.3 Å². The number of ether oxygens (including phenoxy) is 3. The van der Waals surface area contributed by atoms with Gasteiger partial charge in [0.15, 0.2) is 5.78 Å². The summed E-state index contributed by atoms with van der Waals surface area (Å²) in [5.41, 5.74) is 11.0. The molecule has 13 nitrogen and oxygen atoms in total. The van der Waals surface area contributed by atoms with Gasteiger partial charge in [-0.1, -0.05) is 0 Å². The van der Waals surface area contributed by atoms with E-state index in [4.69, 9.17) is 14.2 Å². The van der Waals surface area contributed by atoms with Crippen LogP contribution in [0.1, 0.15) is 20.8 Å². The SMILES string of the molecule is CNN[C@H](C)C(=O)NCCOCCNN[C@H](C)C(=O)NC(=O)COCCOCC(C)=O. The number of nitrogens with one attached hydrogen (secondary N) is 6. The molecule has 0 fully saturated rings. The first kappa shape index (κ1) is 29.0. The van der Waals surface area contributed by atoms with E-state index in [1.54, 1.807) is 20.9 Å². The van der Waals surface area contributed by atoms with Gasteiger partial charge < -0.3 is 19.5 Å². The molecule has 0 heterocycles. The van der Waals surface area contributed by atoms with E-state index in [1.807, 2.05) is 0 Å². The lowest BCUT2D eigenvalue weighted by atomic mass is 10.3. The number of hydrazine groups is 2. The molecule has 6 N–H and O–H groups in total. The number of hydrogen-bond donors (Lipinski definition) is 6. The maximum Gasteiger partial charge on any atom is 0.252 e. The van der Waals surface area contributed by atoms with E-state index in [1.165, 1.54) is 6.92 Å². The second-order valence-electron chi connectivity index (χ2n) is 6.53. The molecular formula is C18H36N6O7. The Balaban J connectivity index is 3.64. The molecule has 0 aromatic carbocycles. The smallest absolute Gasteiger partial charge is 0.252 e. The van der Waals surface area contributed by atoms with Crippen molar-refractivity contribution >= 4 is 23.5 Å². The predicted molar refractivity (Wildman–Crippen MR) is 112 cm³/mol. The van der Waals surface area contributed by atoms with Crippen molar-refractivity contribution in [3.05, 3.63) is 0 Å². The highest BCUT2D eigenvalue weighted by molar-refractivity contribution is 5.98. The molecule has 0 unspecified atom stereocenters. The Kier molecular flexibility index (Phi) is 17.5. The van der Waals surface area contributed by atoms with Crippen LogP contribution in [0, 0.1) is 0 Å². The Hall–Kier alpha value is -2.00. The topological polar surface area (TPSA) is 168 Å². The lowest BCUT2D eigenvalue weighted by Gasteiger charge is -2.15. The van der Waals surface area contributed by atoms with E-state index in [2.05, 4.69) is 32.3 Å². The Morgan fingerprint density at radius 1 is 0.774 bits per heavy atom. The van der Waals surface area contributed by atoms with E-state index in [0.29, 0.717) is 26.3 Å². The molecule has 2 atom stereocenters. The average Bonchev–Trinajstić information content (AvgIpc) is 2.71. The molecule has 13 heteroatoms. The average molecular weight is 449 g/mol. The third-order valence-corrected chi connectivity index (χ3v) is 3.56. The molecule has 0 aromatic rings. The molecule has 3 amide bonds. The first-order valence-electron chi connectivity index (χ1n) is 10.0. The van der Waals surface area contributed by atoms with E-state index in [9.17, 15) is 19.2 Å².